The van der Waals surface area contributed by atoms with Gasteiger partial charge in [-0.2, -0.15) is 0 Å². The molecule has 0 unspecified atom stereocenters. The standard InChI is InChI=1S/C12H18N2O4S2/c1-18-6-5-14-12-11(20(2,16)17)8(13)10(19-12)9(15)7-3-4-7/h7,14H,3-6,13H2,1-2H3. The van der Waals surface area contributed by atoms with E-state index in [2.05, 4.69) is 5.32 Å². The van der Waals surface area contributed by atoms with Crippen LogP contribution in [0.2, 0.25) is 0 Å². The molecule has 0 saturated heterocycles. The molecule has 1 aromatic rings. The number of nitrogen functional groups attached to an aromatic ring is 1. The summed E-state index contributed by atoms with van der Waals surface area (Å²) >= 11 is 1.12. The molecule has 2 rings (SSSR count). The van der Waals surface area contributed by atoms with Crippen molar-refractivity contribution in [3.05, 3.63) is 4.88 Å². The molecule has 8 heteroatoms. The summed E-state index contributed by atoms with van der Waals surface area (Å²) in [7, 11) is -1.93. The Morgan fingerprint density at radius 1 is 1.50 bits per heavy atom. The van der Waals surface area contributed by atoms with Gasteiger partial charge in [-0.1, -0.05) is 0 Å². The molecule has 1 saturated carbocycles. The molecule has 1 heterocycles. The Labute approximate surface area is 122 Å². The van der Waals surface area contributed by atoms with E-state index in [1.165, 1.54) is 0 Å². The van der Waals surface area contributed by atoms with E-state index in [-0.39, 0.29) is 22.3 Å². The molecular weight excluding hydrogens is 300 g/mol. The van der Waals surface area contributed by atoms with Gasteiger partial charge < -0.3 is 15.8 Å². The number of hydrogen-bond acceptors (Lipinski definition) is 7. The predicted octanol–water partition coefficient (Wildman–Crippen LogP) is 1.38. The number of nitrogens with one attached hydrogen (secondary N) is 1. The van der Waals surface area contributed by atoms with Gasteiger partial charge in [-0.05, 0) is 12.8 Å². The van der Waals surface area contributed by atoms with Crippen LogP contribution in [0.3, 0.4) is 0 Å². The highest BCUT2D eigenvalue weighted by Crippen LogP contribution is 2.43. The van der Waals surface area contributed by atoms with Crippen molar-refractivity contribution in [3.63, 3.8) is 0 Å². The molecule has 1 aliphatic rings. The summed E-state index contributed by atoms with van der Waals surface area (Å²) < 4.78 is 28.7. The van der Waals surface area contributed by atoms with Crippen molar-refractivity contribution in [1.29, 1.82) is 0 Å². The monoisotopic (exact) mass is 318 g/mol. The number of methoxy groups -OCH3 is 1. The zero-order chi connectivity index (χ0) is 14.9. The fourth-order valence-electron chi connectivity index (χ4n) is 1.89. The number of ether oxygens (including phenoxy) is 1. The van der Waals surface area contributed by atoms with Crippen LogP contribution in [0.15, 0.2) is 4.90 Å². The highest BCUT2D eigenvalue weighted by atomic mass is 32.2. The minimum absolute atomic E-state index is 0.00943. The van der Waals surface area contributed by atoms with E-state index in [0.717, 1.165) is 30.4 Å². The number of thiophene rings is 1. The van der Waals surface area contributed by atoms with Crippen LogP contribution in [0.5, 0.6) is 0 Å². The summed E-state index contributed by atoms with van der Waals surface area (Å²) in [6, 6.07) is 0. The third-order valence-electron chi connectivity index (χ3n) is 3.03. The van der Waals surface area contributed by atoms with E-state index in [0.29, 0.717) is 23.0 Å². The maximum absolute atomic E-state index is 12.1. The first-order chi connectivity index (χ1) is 9.36. The summed E-state index contributed by atoms with van der Waals surface area (Å²) in [6.07, 6.45) is 2.81. The maximum Gasteiger partial charge on any atom is 0.180 e. The van der Waals surface area contributed by atoms with Gasteiger partial charge in [0, 0.05) is 25.8 Å². The van der Waals surface area contributed by atoms with E-state index in [9.17, 15) is 13.2 Å². The second-order valence-electron chi connectivity index (χ2n) is 4.83. The normalized spacial score (nSPS) is 15.3. The Morgan fingerprint density at radius 3 is 2.65 bits per heavy atom. The van der Waals surface area contributed by atoms with Crippen LogP contribution in [0.1, 0.15) is 22.5 Å². The number of ketones is 1. The van der Waals surface area contributed by atoms with Crippen LogP contribution in [0.4, 0.5) is 10.7 Å². The number of rotatable bonds is 7. The molecule has 3 N–H and O–H groups in total. The molecule has 0 aromatic carbocycles. The average molecular weight is 318 g/mol. The molecule has 1 aromatic heterocycles. The number of hydrogen-bond donors (Lipinski definition) is 2. The Kier molecular flexibility index (Phi) is 4.36. The SMILES string of the molecule is COCCNc1sc(C(=O)C2CC2)c(N)c1S(C)(=O)=O. The summed E-state index contributed by atoms with van der Waals surface area (Å²) in [5, 5.41) is 3.40. The first kappa shape index (κ1) is 15.3. The highest BCUT2D eigenvalue weighted by molar-refractivity contribution is 7.91. The molecule has 0 spiro atoms. The zero-order valence-electron chi connectivity index (χ0n) is 11.4. The van der Waals surface area contributed by atoms with E-state index in [4.69, 9.17) is 10.5 Å². The Bertz CT molecular complexity index is 618. The quantitative estimate of drug-likeness (QED) is 0.582. The first-order valence-corrected chi connectivity index (χ1v) is 8.96. The second kappa shape index (κ2) is 5.71. The lowest BCUT2D eigenvalue weighted by Gasteiger charge is -2.05. The third-order valence-corrected chi connectivity index (χ3v) is 5.51. The second-order valence-corrected chi connectivity index (χ2v) is 7.81. The van der Waals surface area contributed by atoms with Gasteiger partial charge in [-0.3, -0.25) is 4.79 Å². The molecule has 112 valence electrons. The van der Waals surface area contributed by atoms with Crippen LogP contribution in [-0.2, 0) is 14.6 Å². The van der Waals surface area contributed by atoms with E-state index in [1.807, 2.05) is 0 Å². The zero-order valence-corrected chi connectivity index (χ0v) is 13.1. The summed E-state index contributed by atoms with van der Waals surface area (Å²) in [5.74, 6) is -0.0348. The fourth-order valence-corrected chi connectivity index (χ4v) is 4.51. The maximum atomic E-state index is 12.1. The molecule has 1 aliphatic carbocycles. The molecular formula is C12H18N2O4S2. The number of nitrogens with two attached hydrogens (primary N) is 1. The van der Waals surface area contributed by atoms with Gasteiger partial charge >= 0.3 is 0 Å². The van der Waals surface area contributed by atoms with Crippen LogP contribution in [0.25, 0.3) is 0 Å². The molecule has 1 fully saturated rings. The molecule has 0 bridgehead atoms. The van der Waals surface area contributed by atoms with Gasteiger partial charge in [0.1, 0.15) is 9.90 Å². The van der Waals surface area contributed by atoms with Crippen molar-refractivity contribution in [2.75, 3.05) is 37.6 Å². The minimum atomic E-state index is -3.49. The largest absolute Gasteiger partial charge is 0.396 e. The summed E-state index contributed by atoms with van der Waals surface area (Å²) in [5.41, 5.74) is 5.98. The van der Waals surface area contributed by atoms with Crippen molar-refractivity contribution < 1.29 is 17.9 Å². The third kappa shape index (κ3) is 3.13. The summed E-state index contributed by atoms with van der Waals surface area (Å²) in [6.45, 7) is 0.892. The molecule has 0 atom stereocenters. The smallest absolute Gasteiger partial charge is 0.180 e. The Balaban J connectivity index is 2.38. The van der Waals surface area contributed by atoms with Crippen molar-refractivity contribution >= 4 is 37.6 Å². The molecule has 0 amide bonds. The van der Waals surface area contributed by atoms with Crippen LogP contribution < -0.4 is 11.1 Å². The minimum Gasteiger partial charge on any atom is -0.396 e. The lowest BCUT2D eigenvalue weighted by atomic mass is 10.2. The van der Waals surface area contributed by atoms with Gasteiger partial charge in [0.15, 0.2) is 15.6 Å². The van der Waals surface area contributed by atoms with E-state index >= 15 is 0 Å². The van der Waals surface area contributed by atoms with Gasteiger partial charge in [-0.25, -0.2) is 8.42 Å². The van der Waals surface area contributed by atoms with Gasteiger partial charge in [0.25, 0.3) is 0 Å². The number of Topliss-reactive ketones (excluding diaryl/α,β-unsaturated/α-hetero) is 1. The van der Waals surface area contributed by atoms with Crippen molar-refractivity contribution in [2.24, 2.45) is 5.92 Å². The number of carbonyl (C=O) groups excluding carboxylic acids is 1. The van der Waals surface area contributed by atoms with E-state index < -0.39 is 9.84 Å². The first-order valence-electron chi connectivity index (χ1n) is 6.25. The molecule has 6 nitrogen and oxygen atoms in total. The average Bonchev–Trinajstić information content (AvgIpc) is 3.12. The van der Waals surface area contributed by atoms with Crippen molar-refractivity contribution in [2.45, 2.75) is 17.7 Å². The topological polar surface area (TPSA) is 98.5 Å². The summed E-state index contributed by atoms with van der Waals surface area (Å²) in [4.78, 5) is 12.5. The van der Waals surface area contributed by atoms with Crippen LogP contribution in [-0.4, -0.2) is 40.7 Å². The molecule has 20 heavy (non-hydrogen) atoms. The van der Waals surface area contributed by atoms with Crippen LogP contribution in [0, 0.1) is 5.92 Å². The van der Waals surface area contributed by atoms with Gasteiger partial charge in [0.05, 0.1) is 17.2 Å². The van der Waals surface area contributed by atoms with E-state index in [1.54, 1.807) is 7.11 Å². The molecule has 0 aliphatic heterocycles. The number of anilines is 2. The highest BCUT2D eigenvalue weighted by Gasteiger charge is 2.35. The Morgan fingerprint density at radius 2 is 2.15 bits per heavy atom. The van der Waals surface area contributed by atoms with Crippen molar-refractivity contribution in [1.82, 2.24) is 0 Å². The van der Waals surface area contributed by atoms with Gasteiger partial charge in [-0.15, -0.1) is 11.3 Å². The van der Waals surface area contributed by atoms with Crippen LogP contribution >= 0.6 is 11.3 Å². The Hall–Kier alpha value is -1.12. The number of sulfone groups is 1. The van der Waals surface area contributed by atoms with Crippen molar-refractivity contribution in [3.8, 4) is 0 Å². The lowest BCUT2D eigenvalue weighted by molar-refractivity contribution is 0.0972. The fraction of sp³-hybridized carbons (Fsp3) is 0.583. The predicted molar refractivity (Wildman–Crippen MR) is 79.3 cm³/mol. The van der Waals surface area contributed by atoms with Gasteiger partial charge in [0.2, 0.25) is 0 Å². The lowest BCUT2D eigenvalue weighted by Crippen LogP contribution is -2.10. The molecule has 0 radical (unpaired) electrons. The number of carbonyl (C=O) groups is 1.